The lowest BCUT2D eigenvalue weighted by Crippen LogP contribution is -2.43. The van der Waals surface area contributed by atoms with E-state index >= 15 is 0 Å². The van der Waals surface area contributed by atoms with Crippen molar-refractivity contribution in [1.82, 2.24) is 20.9 Å². The molecule has 0 radical (unpaired) electrons. The summed E-state index contributed by atoms with van der Waals surface area (Å²) in [4.78, 5) is 12.6. The molecule has 1 aliphatic heterocycles. The number of hydrogen-bond donors (Lipinski definition) is 4. The molecule has 6 nitrogen and oxygen atoms in total. The van der Waals surface area contributed by atoms with Crippen LogP contribution in [0.15, 0.2) is 0 Å². The standard InChI is InChI=1S/C10H22N4O2.3ClH/c15-10(16)9-14-7-5-12-3-1-11-2-4-13-6-8-14;;;/h11-13H,1-9H2,(H,15,16);3*1H. The molecule has 0 aromatic heterocycles. The maximum Gasteiger partial charge on any atom is 0.317 e. The van der Waals surface area contributed by atoms with E-state index in [1.165, 1.54) is 0 Å². The van der Waals surface area contributed by atoms with Gasteiger partial charge in [-0.1, -0.05) is 0 Å². The van der Waals surface area contributed by atoms with E-state index in [9.17, 15) is 4.79 Å². The van der Waals surface area contributed by atoms with E-state index in [2.05, 4.69) is 16.0 Å². The molecule has 0 atom stereocenters. The van der Waals surface area contributed by atoms with Crippen molar-refractivity contribution < 1.29 is 9.90 Å². The molecule has 4 N–H and O–H groups in total. The fourth-order valence-electron chi connectivity index (χ4n) is 1.66. The van der Waals surface area contributed by atoms with Gasteiger partial charge < -0.3 is 21.1 Å². The topological polar surface area (TPSA) is 76.6 Å². The first-order valence-electron chi connectivity index (χ1n) is 5.85. The lowest BCUT2D eigenvalue weighted by atomic mass is 10.4. The zero-order valence-electron chi connectivity index (χ0n) is 10.9. The molecule has 0 aromatic rings. The number of nitrogens with one attached hydrogen (secondary N) is 3. The first-order valence-corrected chi connectivity index (χ1v) is 5.85. The van der Waals surface area contributed by atoms with Gasteiger partial charge in [0.25, 0.3) is 0 Å². The number of nitrogens with zero attached hydrogens (tertiary/aromatic N) is 1. The van der Waals surface area contributed by atoms with E-state index in [0.29, 0.717) is 0 Å². The predicted molar refractivity (Wildman–Crippen MR) is 84.4 cm³/mol. The monoisotopic (exact) mass is 338 g/mol. The second-order valence-electron chi connectivity index (χ2n) is 3.92. The molecule has 0 spiro atoms. The Hall–Kier alpha value is 0.180. The fourth-order valence-corrected chi connectivity index (χ4v) is 1.66. The largest absolute Gasteiger partial charge is 0.480 e. The second-order valence-corrected chi connectivity index (χ2v) is 3.92. The summed E-state index contributed by atoms with van der Waals surface area (Å²) in [6, 6.07) is 0. The molecule has 0 amide bonds. The van der Waals surface area contributed by atoms with Crippen LogP contribution in [0.2, 0.25) is 0 Å². The van der Waals surface area contributed by atoms with Crippen molar-refractivity contribution in [2.45, 2.75) is 0 Å². The highest BCUT2D eigenvalue weighted by Gasteiger charge is 2.08. The van der Waals surface area contributed by atoms with Crippen molar-refractivity contribution in [3.63, 3.8) is 0 Å². The first kappa shape index (κ1) is 24.2. The van der Waals surface area contributed by atoms with Crippen molar-refractivity contribution >= 4 is 43.2 Å². The molecule has 1 aliphatic rings. The van der Waals surface area contributed by atoms with Gasteiger partial charge >= 0.3 is 5.97 Å². The zero-order chi connectivity index (χ0) is 11.6. The van der Waals surface area contributed by atoms with E-state index in [-0.39, 0.29) is 43.8 Å². The molecule has 0 unspecified atom stereocenters. The molecule has 0 aliphatic carbocycles. The minimum atomic E-state index is -0.756. The average molecular weight is 340 g/mol. The summed E-state index contributed by atoms with van der Waals surface area (Å²) >= 11 is 0. The number of hydrogen-bond acceptors (Lipinski definition) is 5. The van der Waals surface area contributed by atoms with Crippen molar-refractivity contribution in [3.05, 3.63) is 0 Å². The molecule has 1 rings (SSSR count). The van der Waals surface area contributed by atoms with Gasteiger partial charge in [0.2, 0.25) is 0 Å². The maximum absolute atomic E-state index is 10.6. The summed E-state index contributed by atoms with van der Waals surface area (Å²) in [5, 5.41) is 18.7. The molecular formula is C10H25Cl3N4O2. The van der Waals surface area contributed by atoms with E-state index in [0.717, 1.165) is 52.4 Å². The molecule has 0 saturated carbocycles. The van der Waals surface area contributed by atoms with Crippen LogP contribution in [0.1, 0.15) is 0 Å². The van der Waals surface area contributed by atoms with Crippen LogP contribution in [0.25, 0.3) is 0 Å². The predicted octanol–water partition coefficient (Wildman–Crippen LogP) is -0.579. The van der Waals surface area contributed by atoms with Crippen LogP contribution < -0.4 is 16.0 Å². The number of carbonyl (C=O) groups is 1. The van der Waals surface area contributed by atoms with Gasteiger partial charge in [0.15, 0.2) is 0 Å². The van der Waals surface area contributed by atoms with E-state index in [4.69, 9.17) is 5.11 Å². The van der Waals surface area contributed by atoms with Gasteiger partial charge in [-0.15, -0.1) is 37.2 Å². The molecule has 1 fully saturated rings. The van der Waals surface area contributed by atoms with Crippen LogP contribution in [-0.2, 0) is 4.79 Å². The summed E-state index contributed by atoms with van der Waals surface area (Å²) in [5.41, 5.74) is 0. The quantitative estimate of drug-likeness (QED) is 0.539. The molecule has 118 valence electrons. The molecule has 0 aromatic carbocycles. The number of carboxylic acid groups (broad SMARTS) is 1. The first-order chi connectivity index (χ1) is 7.79. The van der Waals surface area contributed by atoms with Crippen LogP contribution in [0.3, 0.4) is 0 Å². The summed E-state index contributed by atoms with van der Waals surface area (Å²) in [7, 11) is 0. The zero-order valence-corrected chi connectivity index (χ0v) is 13.3. The fraction of sp³-hybridized carbons (Fsp3) is 0.900. The highest BCUT2D eigenvalue weighted by Crippen LogP contribution is 1.86. The minimum absolute atomic E-state index is 0. The third kappa shape index (κ3) is 14.4. The Labute approximate surface area is 133 Å². The van der Waals surface area contributed by atoms with Gasteiger partial charge in [-0.2, -0.15) is 0 Å². The van der Waals surface area contributed by atoms with Crippen LogP contribution >= 0.6 is 37.2 Å². The Kier molecular flexibility index (Phi) is 20.7. The van der Waals surface area contributed by atoms with Crippen molar-refractivity contribution in [2.75, 3.05) is 58.9 Å². The Morgan fingerprint density at radius 2 is 1.21 bits per heavy atom. The summed E-state index contributed by atoms with van der Waals surface area (Å²) in [6.07, 6.45) is 0. The summed E-state index contributed by atoms with van der Waals surface area (Å²) in [6.45, 7) is 7.16. The van der Waals surface area contributed by atoms with Gasteiger partial charge in [-0.25, -0.2) is 0 Å². The van der Waals surface area contributed by atoms with E-state index in [1.807, 2.05) is 4.90 Å². The van der Waals surface area contributed by atoms with Crippen LogP contribution in [-0.4, -0.2) is 74.9 Å². The minimum Gasteiger partial charge on any atom is -0.480 e. The lowest BCUT2D eigenvalue weighted by Gasteiger charge is -2.21. The Morgan fingerprint density at radius 1 is 0.842 bits per heavy atom. The lowest BCUT2D eigenvalue weighted by molar-refractivity contribution is -0.138. The van der Waals surface area contributed by atoms with Crippen LogP contribution in [0.4, 0.5) is 0 Å². The van der Waals surface area contributed by atoms with E-state index < -0.39 is 5.97 Å². The number of halogens is 3. The molecule has 1 heterocycles. The highest BCUT2D eigenvalue weighted by atomic mass is 35.5. The molecule has 9 heteroatoms. The molecule has 1 saturated heterocycles. The molecule has 0 bridgehead atoms. The molecule has 19 heavy (non-hydrogen) atoms. The maximum atomic E-state index is 10.6. The van der Waals surface area contributed by atoms with Gasteiger partial charge in [0, 0.05) is 52.4 Å². The molecular weight excluding hydrogens is 314 g/mol. The third-order valence-electron chi connectivity index (χ3n) is 2.53. The summed E-state index contributed by atoms with van der Waals surface area (Å²) < 4.78 is 0. The van der Waals surface area contributed by atoms with Gasteiger partial charge in [0.05, 0.1) is 6.54 Å². The Balaban J connectivity index is -0.000000853. The number of carboxylic acids is 1. The van der Waals surface area contributed by atoms with E-state index in [1.54, 1.807) is 0 Å². The second kappa shape index (κ2) is 16.2. The number of aliphatic carboxylic acids is 1. The van der Waals surface area contributed by atoms with Crippen molar-refractivity contribution in [3.8, 4) is 0 Å². The SMILES string of the molecule is Cl.Cl.Cl.O=C(O)CN1CCNCCNCCNCC1. The smallest absolute Gasteiger partial charge is 0.317 e. The van der Waals surface area contributed by atoms with Crippen molar-refractivity contribution in [2.24, 2.45) is 0 Å². The Morgan fingerprint density at radius 3 is 1.58 bits per heavy atom. The van der Waals surface area contributed by atoms with Gasteiger partial charge in [-0.3, -0.25) is 9.69 Å². The third-order valence-corrected chi connectivity index (χ3v) is 2.53. The van der Waals surface area contributed by atoms with Gasteiger partial charge in [-0.05, 0) is 0 Å². The van der Waals surface area contributed by atoms with Crippen molar-refractivity contribution in [1.29, 1.82) is 0 Å². The van der Waals surface area contributed by atoms with Crippen LogP contribution in [0, 0.1) is 0 Å². The summed E-state index contributed by atoms with van der Waals surface area (Å²) in [5.74, 6) is -0.756. The number of rotatable bonds is 2. The van der Waals surface area contributed by atoms with Gasteiger partial charge in [0.1, 0.15) is 0 Å². The Bertz CT molecular complexity index is 201. The highest BCUT2D eigenvalue weighted by molar-refractivity contribution is 5.86. The normalized spacial score (nSPS) is 18.5. The average Bonchev–Trinajstić information content (AvgIpc) is 2.21. The van der Waals surface area contributed by atoms with Crippen LogP contribution in [0.5, 0.6) is 0 Å².